The Kier molecular flexibility index (Phi) is 4.38. The summed E-state index contributed by atoms with van der Waals surface area (Å²) in [6, 6.07) is 10.6. The van der Waals surface area contributed by atoms with Crippen LogP contribution in [0.25, 0.3) is 0 Å². The third kappa shape index (κ3) is 3.42. The Morgan fingerprint density at radius 1 is 0.909 bits per heavy atom. The van der Waals surface area contributed by atoms with Crippen molar-refractivity contribution in [3.63, 3.8) is 0 Å². The second kappa shape index (κ2) is 4.30. The molecule has 0 saturated carbocycles. The van der Waals surface area contributed by atoms with E-state index in [-0.39, 0.29) is 29.6 Å². The van der Waals surface area contributed by atoms with Crippen molar-refractivity contribution < 1.29 is 0 Å². The average Bonchev–Trinajstić information content (AvgIpc) is 1.88. The van der Waals surface area contributed by atoms with Crippen LogP contribution in [0.2, 0.25) is 0 Å². The number of hydrogen-bond acceptors (Lipinski definition) is 0. The molecule has 0 aliphatic carbocycles. The first-order valence-corrected chi connectivity index (χ1v) is 3.66. The van der Waals surface area contributed by atoms with E-state index in [4.69, 9.17) is 0 Å². The standard InChI is InChI=1S/C10H14.Na.H/c1-10(2,3)9-7-5-4-6-8-9;;/h4-8H,1-3H3;;. The van der Waals surface area contributed by atoms with Crippen LogP contribution in [0.4, 0.5) is 0 Å². The van der Waals surface area contributed by atoms with E-state index in [9.17, 15) is 0 Å². The molecule has 56 valence electrons. The van der Waals surface area contributed by atoms with Gasteiger partial charge in [-0.15, -0.1) is 0 Å². The molecule has 1 aromatic rings. The Hall–Kier alpha value is 0.220. The van der Waals surface area contributed by atoms with Gasteiger partial charge in [0.05, 0.1) is 0 Å². The molecule has 0 heterocycles. The van der Waals surface area contributed by atoms with Crippen LogP contribution in [0, 0.1) is 0 Å². The van der Waals surface area contributed by atoms with Gasteiger partial charge in [0.15, 0.2) is 0 Å². The summed E-state index contributed by atoms with van der Waals surface area (Å²) in [5.41, 5.74) is 1.69. The Morgan fingerprint density at radius 2 is 1.36 bits per heavy atom. The summed E-state index contributed by atoms with van der Waals surface area (Å²) in [6.45, 7) is 6.67. The van der Waals surface area contributed by atoms with Crippen molar-refractivity contribution in [3.8, 4) is 0 Å². The van der Waals surface area contributed by atoms with Crippen molar-refractivity contribution in [2.45, 2.75) is 26.2 Å². The third-order valence-corrected chi connectivity index (χ3v) is 1.64. The van der Waals surface area contributed by atoms with Gasteiger partial charge >= 0.3 is 29.6 Å². The van der Waals surface area contributed by atoms with E-state index in [1.807, 2.05) is 0 Å². The van der Waals surface area contributed by atoms with Crippen LogP contribution in [0.5, 0.6) is 0 Å². The molecule has 0 atom stereocenters. The van der Waals surface area contributed by atoms with Gasteiger partial charge < -0.3 is 0 Å². The van der Waals surface area contributed by atoms with E-state index in [1.165, 1.54) is 5.56 Å². The summed E-state index contributed by atoms with van der Waals surface area (Å²) in [6.07, 6.45) is 0. The molecule has 1 rings (SSSR count). The monoisotopic (exact) mass is 158 g/mol. The molecule has 0 unspecified atom stereocenters. The molecule has 0 nitrogen and oxygen atoms in total. The van der Waals surface area contributed by atoms with E-state index in [2.05, 4.69) is 51.1 Å². The van der Waals surface area contributed by atoms with Crippen LogP contribution in [-0.4, -0.2) is 29.6 Å². The number of hydrogen-bond donors (Lipinski definition) is 0. The zero-order chi connectivity index (χ0) is 7.61. The number of benzene rings is 1. The molecule has 0 N–H and O–H groups in total. The summed E-state index contributed by atoms with van der Waals surface area (Å²) in [7, 11) is 0. The topological polar surface area (TPSA) is 0 Å². The van der Waals surface area contributed by atoms with Crippen LogP contribution < -0.4 is 0 Å². The molecular weight excluding hydrogens is 143 g/mol. The molecule has 11 heavy (non-hydrogen) atoms. The Bertz CT molecular complexity index is 196. The maximum atomic E-state index is 2.22. The molecule has 0 aromatic heterocycles. The summed E-state index contributed by atoms with van der Waals surface area (Å²) in [4.78, 5) is 0. The average molecular weight is 158 g/mol. The van der Waals surface area contributed by atoms with Gasteiger partial charge in [0.1, 0.15) is 0 Å². The van der Waals surface area contributed by atoms with Crippen molar-refractivity contribution in [3.05, 3.63) is 35.9 Å². The van der Waals surface area contributed by atoms with Crippen LogP contribution in [0.1, 0.15) is 26.3 Å². The van der Waals surface area contributed by atoms with Gasteiger partial charge in [-0.3, -0.25) is 0 Å². The van der Waals surface area contributed by atoms with Gasteiger partial charge in [-0.05, 0) is 11.0 Å². The molecule has 0 aliphatic heterocycles. The van der Waals surface area contributed by atoms with Crippen LogP contribution in [0.15, 0.2) is 30.3 Å². The SMILES string of the molecule is CC(C)(C)c1ccccc1.[NaH]. The van der Waals surface area contributed by atoms with Gasteiger partial charge in [0.2, 0.25) is 0 Å². The first kappa shape index (κ1) is 11.2. The van der Waals surface area contributed by atoms with E-state index in [0.717, 1.165) is 0 Å². The van der Waals surface area contributed by atoms with Crippen molar-refractivity contribution in [1.29, 1.82) is 0 Å². The fourth-order valence-electron chi connectivity index (χ4n) is 0.938. The predicted octanol–water partition coefficient (Wildman–Crippen LogP) is 2.34. The maximum absolute atomic E-state index is 2.22. The van der Waals surface area contributed by atoms with Gasteiger partial charge in [-0.25, -0.2) is 0 Å². The summed E-state index contributed by atoms with van der Waals surface area (Å²) >= 11 is 0. The van der Waals surface area contributed by atoms with Crippen molar-refractivity contribution in [2.24, 2.45) is 0 Å². The van der Waals surface area contributed by atoms with Crippen LogP contribution in [0.3, 0.4) is 0 Å². The minimum atomic E-state index is 0. The van der Waals surface area contributed by atoms with E-state index < -0.39 is 0 Å². The third-order valence-electron chi connectivity index (χ3n) is 1.64. The van der Waals surface area contributed by atoms with Crippen LogP contribution >= 0.6 is 0 Å². The molecule has 0 saturated heterocycles. The fraction of sp³-hybridized carbons (Fsp3) is 0.400. The Balaban J connectivity index is 0.000001000. The molecule has 0 spiro atoms. The second-order valence-corrected chi connectivity index (χ2v) is 3.62. The fourth-order valence-corrected chi connectivity index (χ4v) is 0.938. The molecular formula is C10H15Na. The van der Waals surface area contributed by atoms with Gasteiger partial charge in [-0.2, -0.15) is 0 Å². The normalized spacial score (nSPS) is 10.5. The molecule has 0 aliphatic rings. The zero-order valence-electron chi connectivity index (χ0n) is 6.89. The Labute approximate surface area is 91.3 Å². The Morgan fingerprint density at radius 3 is 1.64 bits per heavy atom. The molecule has 1 heteroatoms. The molecule has 0 fully saturated rings. The van der Waals surface area contributed by atoms with E-state index in [0.29, 0.717) is 5.41 Å². The quantitative estimate of drug-likeness (QED) is 0.508. The van der Waals surface area contributed by atoms with Crippen molar-refractivity contribution >= 4 is 29.6 Å². The van der Waals surface area contributed by atoms with Crippen LogP contribution in [-0.2, 0) is 5.41 Å². The summed E-state index contributed by atoms with van der Waals surface area (Å²) in [5.74, 6) is 0. The van der Waals surface area contributed by atoms with Crippen molar-refractivity contribution in [1.82, 2.24) is 0 Å². The zero-order valence-corrected chi connectivity index (χ0v) is 6.89. The van der Waals surface area contributed by atoms with Crippen molar-refractivity contribution in [2.75, 3.05) is 0 Å². The second-order valence-electron chi connectivity index (χ2n) is 3.62. The molecule has 0 bridgehead atoms. The summed E-state index contributed by atoms with van der Waals surface area (Å²) in [5, 5.41) is 0. The number of rotatable bonds is 0. The van der Waals surface area contributed by atoms with Gasteiger partial charge in [0, 0.05) is 0 Å². The van der Waals surface area contributed by atoms with E-state index in [1.54, 1.807) is 0 Å². The summed E-state index contributed by atoms with van der Waals surface area (Å²) < 4.78 is 0. The van der Waals surface area contributed by atoms with E-state index >= 15 is 0 Å². The predicted molar refractivity (Wildman–Crippen MR) is 52.3 cm³/mol. The first-order valence-electron chi connectivity index (χ1n) is 3.66. The molecule has 1 aromatic carbocycles. The molecule has 0 radical (unpaired) electrons. The van der Waals surface area contributed by atoms with Gasteiger partial charge in [0.25, 0.3) is 0 Å². The molecule has 0 amide bonds. The van der Waals surface area contributed by atoms with Gasteiger partial charge in [-0.1, -0.05) is 51.1 Å². The minimum absolute atomic E-state index is 0. The first-order chi connectivity index (χ1) is 4.61.